The molecular weight excluding hydrogens is 319 g/mol. The van der Waals surface area contributed by atoms with Gasteiger partial charge in [0, 0.05) is 35.5 Å². The van der Waals surface area contributed by atoms with E-state index in [1.54, 1.807) is 35.0 Å². The van der Waals surface area contributed by atoms with E-state index in [4.69, 9.17) is 5.73 Å². The Bertz CT molecular complexity index is 1050. The van der Waals surface area contributed by atoms with E-state index in [9.17, 15) is 14.4 Å². The lowest BCUT2D eigenvalue weighted by atomic mass is 9.98. The summed E-state index contributed by atoms with van der Waals surface area (Å²) in [5.74, 6) is -0.318. The van der Waals surface area contributed by atoms with Gasteiger partial charge in [0.25, 0.3) is 5.56 Å². The van der Waals surface area contributed by atoms with E-state index >= 15 is 0 Å². The molecule has 0 spiro atoms. The van der Waals surface area contributed by atoms with Gasteiger partial charge in [0.05, 0.1) is 11.3 Å². The van der Waals surface area contributed by atoms with Gasteiger partial charge in [0.2, 0.25) is 0 Å². The first kappa shape index (κ1) is 16.4. The van der Waals surface area contributed by atoms with Crippen LogP contribution in [-0.2, 0) is 6.54 Å². The Hall–Kier alpha value is -3.46. The third kappa shape index (κ3) is 3.12. The van der Waals surface area contributed by atoms with Crippen LogP contribution >= 0.6 is 0 Å². The minimum atomic E-state index is -0.397. The van der Waals surface area contributed by atoms with Crippen molar-refractivity contribution in [1.82, 2.24) is 9.55 Å². The van der Waals surface area contributed by atoms with Crippen molar-refractivity contribution >= 4 is 5.82 Å². The van der Waals surface area contributed by atoms with E-state index in [0.717, 1.165) is 0 Å². The van der Waals surface area contributed by atoms with Crippen LogP contribution in [0.15, 0.2) is 53.5 Å². The van der Waals surface area contributed by atoms with E-state index in [2.05, 4.69) is 4.98 Å². The fraction of sp³-hybridized carbons (Fsp3) is 0.105. The molecule has 0 aliphatic rings. The minimum Gasteiger partial charge on any atom is -0.383 e. The summed E-state index contributed by atoms with van der Waals surface area (Å²) in [6.45, 7) is 2.37. The zero-order valence-corrected chi connectivity index (χ0v) is 13.5. The number of benzene rings is 1. The predicted molar refractivity (Wildman–Crippen MR) is 94.1 cm³/mol. The van der Waals surface area contributed by atoms with Crippen LogP contribution in [0.4, 0.5) is 10.2 Å². The molecule has 124 valence electrons. The summed E-state index contributed by atoms with van der Waals surface area (Å²) >= 11 is 0. The number of hydrogen-bond acceptors (Lipinski definition) is 4. The molecule has 6 heteroatoms. The van der Waals surface area contributed by atoms with Gasteiger partial charge in [-0.2, -0.15) is 5.26 Å². The number of hydrogen-bond donors (Lipinski definition) is 1. The first-order valence-electron chi connectivity index (χ1n) is 7.71. The SMILES string of the molecule is CCn1cc(-c2cc(C#N)c(N)nc2-c2cccc(F)c2)ccc1=O. The molecule has 3 rings (SSSR count). The van der Waals surface area contributed by atoms with Gasteiger partial charge in [-0.05, 0) is 31.2 Å². The van der Waals surface area contributed by atoms with Gasteiger partial charge in [0.15, 0.2) is 0 Å². The Kier molecular flexibility index (Phi) is 4.31. The Balaban J connectivity index is 2.31. The van der Waals surface area contributed by atoms with Crippen LogP contribution in [0.2, 0.25) is 0 Å². The molecule has 0 aliphatic heterocycles. The normalized spacial score (nSPS) is 10.4. The Morgan fingerprint density at radius 1 is 1.24 bits per heavy atom. The number of pyridine rings is 2. The molecule has 2 heterocycles. The van der Waals surface area contributed by atoms with Crippen molar-refractivity contribution in [2.75, 3.05) is 5.73 Å². The maximum absolute atomic E-state index is 13.6. The van der Waals surface area contributed by atoms with Crippen LogP contribution in [-0.4, -0.2) is 9.55 Å². The lowest BCUT2D eigenvalue weighted by molar-refractivity contribution is 0.628. The second-order valence-corrected chi connectivity index (χ2v) is 5.48. The highest BCUT2D eigenvalue weighted by atomic mass is 19.1. The lowest BCUT2D eigenvalue weighted by Gasteiger charge is -2.13. The minimum absolute atomic E-state index is 0.0781. The third-order valence-corrected chi connectivity index (χ3v) is 3.91. The number of nitrogen functional groups attached to an aromatic ring is 1. The number of halogens is 1. The molecule has 0 saturated carbocycles. The third-order valence-electron chi connectivity index (χ3n) is 3.91. The van der Waals surface area contributed by atoms with Crippen molar-refractivity contribution in [2.45, 2.75) is 13.5 Å². The number of nitrogens with zero attached hydrogens (tertiary/aromatic N) is 3. The zero-order chi connectivity index (χ0) is 18.0. The van der Waals surface area contributed by atoms with Crippen molar-refractivity contribution in [1.29, 1.82) is 5.26 Å². The molecule has 5 nitrogen and oxygen atoms in total. The molecule has 0 aliphatic carbocycles. The summed E-state index contributed by atoms with van der Waals surface area (Å²) < 4.78 is 15.2. The molecule has 2 aromatic heterocycles. The lowest BCUT2D eigenvalue weighted by Crippen LogP contribution is -2.17. The summed E-state index contributed by atoms with van der Waals surface area (Å²) in [4.78, 5) is 16.1. The van der Waals surface area contributed by atoms with E-state index in [1.807, 2.05) is 13.0 Å². The van der Waals surface area contributed by atoms with Gasteiger partial charge < -0.3 is 10.3 Å². The van der Waals surface area contributed by atoms with Crippen molar-refractivity contribution in [3.05, 3.63) is 70.4 Å². The van der Waals surface area contributed by atoms with Crippen LogP contribution < -0.4 is 11.3 Å². The molecular formula is C19H15FN4O. The predicted octanol–water partition coefficient (Wildman–Crippen LogP) is 3.19. The second kappa shape index (κ2) is 6.57. The van der Waals surface area contributed by atoms with E-state index in [1.165, 1.54) is 18.2 Å². The molecule has 25 heavy (non-hydrogen) atoms. The van der Waals surface area contributed by atoms with Crippen LogP contribution in [0.5, 0.6) is 0 Å². The molecule has 2 N–H and O–H groups in total. The number of aryl methyl sites for hydroxylation is 1. The van der Waals surface area contributed by atoms with Gasteiger partial charge >= 0.3 is 0 Å². The molecule has 3 aromatic rings. The fourth-order valence-corrected chi connectivity index (χ4v) is 2.63. The van der Waals surface area contributed by atoms with Crippen LogP contribution in [0, 0.1) is 17.1 Å². The quantitative estimate of drug-likeness (QED) is 0.797. The van der Waals surface area contributed by atoms with Gasteiger partial charge in [-0.3, -0.25) is 4.79 Å². The summed E-state index contributed by atoms with van der Waals surface area (Å²) in [6, 6.07) is 12.7. The van der Waals surface area contributed by atoms with Crippen molar-refractivity contribution < 1.29 is 4.39 Å². The molecule has 0 unspecified atom stereocenters. The number of nitrogens with two attached hydrogens (primary N) is 1. The Labute approximate surface area is 143 Å². The average Bonchev–Trinajstić information content (AvgIpc) is 2.62. The van der Waals surface area contributed by atoms with E-state index in [-0.39, 0.29) is 16.9 Å². The summed E-state index contributed by atoms with van der Waals surface area (Å²) in [5.41, 5.74) is 8.26. The number of rotatable bonds is 3. The van der Waals surface area contributed by atoms with Crippen LogP contribution in [0.25, 0.3) is 22.4 Å². The van der Waals surface area contributed by atoms with Crippen LogP contribution in [0.3, 0.4) is 0 Å². The highest BCUT2D eigenvalue weighted by Crippen LogP contribution is 2.32. The fourth-order valence-electron chi connectivity index (χ4n) is 2.63. The second-order valence-electron chi connectivity index (χ2n) is 5.48. The number of aromatic nitrogens is 2. The van der Waals surface area contributed by atoms with Gasteiger partial charge in [-0.15, -0.1) is 0 Å². The van der Waals surface area contributed by atoms with Crippen LogP contribution in [0.1, 0.15) is 12.5 Å². The van der Waals surface area contributed by atoms with Crippen molar-refractivity contribution in [2.24, 2.45) is 0 Å². The summed E-state index contributed by atoms with van der Waals surface area (Å²) in [6.07, 6.45) is 1.69. The maximum atomic E-state index is 13.6. The summed E-state index contributed by atoms with van der Waals surface area (Å²) in [7, 11) is 0. The summed E-state index contributed by atoms with van der Waals surface area (Å²) in [5, 5.41) is 9.26. The molecule has 0 saturated heterocycles. The molecule has 0 bridgehead atoms. The van der Waals surface area contributed by atoms with Gasteiger partial charge in [-0.1, -0.05) is 12.1 Å². The van der Waals surface area contributed by atoms with E-state index < -0.39 is 5.82 Å². The molecule has 1 aromatic carbocycles. The smallest absolute Gasteiger partial charge is 0.250 e. The highest BCUT2D eigenvalue weighted by Gasteiger charge is 2.15. The first-order valence-corrected chi connectivity index (χ1v) is 7.71. The van der Waals surface area contributed by atoms with Gasteiger partial charge in [-0.25, -0.2) is 9.37 Å². The largest absolute Gasteiger partial charge is 0.383 e. The Morgan fingerprint density at radius 2 is 2.04 bits per heavy atom. The topological polar surface area (TPSA) is 84.7 Å². The molecule has 0 amide bonds. The van der Waals surface area contributed by atoms with Crippen molar-refractivity contribution in [3.63, 3.8) is 0 Å². The first-order chi connectivity index (χ1) is 12.0. The monoisotopic (exact) mass is 334 g/mol. The van der Waals surface area contributed by atoms with Crippen molar-refractivity contribution in [3.8, 4) is 28.5 Å². The standard InChI is InChI=1S/C19H15FN4O/c1-2-24-11-13(6-7-17(24)25)16-9-14(10-21)19(22)23-18(16)12-4-3-5-15(20)8-12/h3-9,11H,2H2,1H3,(H2,22,23). The molecule has 0 atom stereocenters. The molecule has 0 fully saturated rings. The Morgan fingerprint density at radius 3 is 2.72 bits per heavy atom. The number of anilines is 1. The van der Waals surface area contributed by atoms with Gasteiger partial charge in [0.1, 0.15) is 17.7 Å². The average molecular weight is 334 g/mol. The molecule has 0 radical (unpaired) electrons. The van der Waals surface area contributed by atoms with E-state index in [0.29, 0.717) is 28.9 Å². The highest BCUT2D eigenvalue weighted by molar-refractivity contribution is 5.83. The number of nitriles is 1. The zero-order valence-electron chi connectivity index (χ0n) is 13.5. The maximum Gasteiger partial charge on any atom is 0.250 e.